The topological polar surface area (TPSA) is 57.5 Å². The monoisotopic (exact) mass is 419 g/mol. The van der Waals surface area contributed by atoms with Crippen LogP contribution in [-0.2, 0) is 6.42 Å². The summed E-state index contributed by atoms with van der Waals surface area (Å²) in [7, 11) is 0. The van der Waals surface area contributed by atoms with Gasteiger partial charge in [0.25, 0.3) is 0 Å². The van der Waals surface area contributed by atoms with Gasteiger partial charge in [-0.25, -0.2) is 4.79 Å². The molecule has 0 bridgehead atoms. The molecule has 0 spiro atoms. The number of carbonyl (C=O) groups is 1. The summed E-state index contributed by atoms with van der Waals surface area (Å²) in [4.78, 5) is 14.9. The van der Waals surface area contributed by atoms with E-state index in [9.17, 15) is 4.79 Å². The number of urea groups is 1. The van der Waals surface area contributed by atoms with E-state index in [1.165, 1.54) is 24.1 Å². The number of amides is 2. The van der Waals surface area contributed by atoms with Gasteiger partial charge in [0.15, 0.2) is 0 Å². The predicted octanol–water partition coefficient (Wildman–Crippen LogP) is 5.78. The molecule has 5 heteroatoms. The molecule has 2 N–H and O–H groups in total. The maximum atomic E-state index is 12.3. The molecule has 1 saturated heterocycles. The van der Waals surface area contributed by atoms with Crippen molar-refractivity contribution in [2.75, 3.05) is 31.5 Å². The Bertz CT molecular complexity index is 975. The minimum Gasteiger partial charge on any atom is -0.464 e. The number of fused-ring (bicyclic) bond motifs is 1. The molecular formula is C26H33N3O2. The number of aryl methyl sites for hydroxylation is 1. The van der Waals surface area contributed by atoms with Gasteiger partial charge in [-0.3, -0.25) is 0 Å². The lowest BCUT2D eigenvalue weighted by molar-refractivity contribution is 0.213. The van der Waals surface area contributed by atoms with Crippen LogP contribution in [0.1, 0.15) is 49.7 Å². The van der Waals surface area contributed by atoms with E-state index in [4.69, 9.17) is 4.42 Å². The molecule has 0 radical (unpaired) electrons. The van der Waals surface area contributed by atoms with Crippen LogP contribution in [0.3, 0.4) is 0 Å². The Balaban J connectivity index is 1.31. The first-order chi connectivity index (χ1) is 15.2. The van der Waals surface area contributed by atoms with Crippen molar-refractivity contribution in [1.82, 2.24) is 10.2 Å². The van der Waals surface area contributed by atoms with E-state index < -0.39 is 0 Å². The summed E-state index contributed by atoms with van der Waals surface area (Å²) in [5, 5.41) is 7.06. The number of likely N-dealkylation sites (tertiary alicyclic amines) is 1. The number of anilines is 1. The highest BCUT2D eigenvalue weighted by Crippen LogP contribution is 2.35. The van der Waals surface area contributed by atoms with Crippen molar-refractivity contribution in [1.29, 1.82) is 0 Å². The van der Waals surface area contributed by atoms with Crippen LogP contribution < -0.4 is 10.6 Å². The summed E-state index contributed by atoms with van der Waals surface area (Å²) < 4.78 is 5.82. The molecule has 1 aliphatic heterocycles. The average Bonchev–Trinajstić information content (AvgIpc) is 3.21. The van der Waals surface area contributed by atoms with Gasteiger partial charge < -0.3 is 20.0 Å². The van der Waals surface area contributed by atoms with E-state index >= 15 is 0 Å². The maximum Gasteiger partial charge on any atom is 0.319 e. The Morgan fingerprint density at radius 1 is 1.13 bits per heavy atom. The summed E-state index contributed by atoms with van der Waals surface area (Å²) in [5.41, 5.74) is 4.26. The van der Waals surface area contributed by atoms with Gasteiger partial charge in [-0.2, -0.15) is 0 Å². The number of carbonyl (C=O) groups excluding carboxylic acids is 1. The van der Waals surface area contributed by atoms with Crippen LogP contribution >= 0.6 is 0 Å². The highest BCUT2D eigenvalue weighted by molar-refractivity contribution is 5.93. The first-order valence-electron chi connectivity index (χ1n) is 11.5. The third kappa shape index (κ3) is 5.67. The van der Waals surface area contributed by atoms with Crippen molar-refractivity contribution in [3.8, 4) is 0 Å². The molecule has 2 amide bonds. The van der Waals surface area contributed by atoms with Crippen LogP contribution in [0, 0.1) is 0 Å². The number of hydrogen-bond donors (Lipinski definition) is 2. The van der Waals surface area contributed by atoms with Gasteiger partial charge in [0.2, 0.25) is 0 Å². The Labute approximate surface area is 184 Å². The third-order valence-electron chi connectivity index (χ3n) is 6.20. The van der Waals surface area contributed by atoms with Crippen molar-refractivity contribution < 1.29 is 9.21 Å². The number of piperidine rings is 1. The number of nitrogens with zero attached hydrogens (tertiary/aromatic N) is 1. The van der Waals surface area contributed by atoms with E-state index in [0.29, 0.717) is 12.5 Å². The van der Waals surface area contributed by atoms with Crippen molar-refractivity contribution in [3.05, 3.63) is 65.9 Å². The minimum atomic E-state index is -0.162. The molecule has 0 atom stereocenters. The molecule has 2 aromatic carbocycles. The van der Waals surface area contributed by atoms with Gasteiger partial charge >= 0.3 is 6.03 Å². The molecule has 1 aliphatic rings. The lowest BCUT2D eigenvalue weighted by Gasteiger charge is -2.31. The zero-order chi connectivity index (χ0) is 21.5. The van der Waals surface area contributed by atoms with Crippen molar-refractivity contribution in [2.45, 2.75) is 44.9 Å². The fourth-order valence-electron chi connectivity index (χ4n) is 4.54. The first-order valence-corrected chi connectivity index (χ1v) is 11.5. The average molecular weight is 420 g/mol. The van der Waals surface area contributed by atoms with E-state index in [1.807, 2.05) is 36.6 Å². The normalized spacial score (nSPS) is 15.3. The smallest absolute Gasteiger partial charge is 0.319 e. The van der Waals surface area contributed by atoms with Gasteiger partial charge in [-0.1, -0.05) is 37.3 Å². The molecule has 0 saturated carbocycles. The van der Waals surface area contributed by atoms with Gasteiger partial charge in [0.1, 0.15) is 5.58 Å². The van der Waals surface area contributed by atoms with Crippen molar-refractivity contribution in [2.24, 2.45) is 0 Å². The fourth-order valence-corrected chi connectivity index (χ4v) is 4.54. The summed E-state index contributed by atoms with van der Waals surface area (Å²) >= 11 is 0. The quantitative estimate of drug-likeness (QED) is 0.455. The standard InChI is InChI=1S/C26H33N3O2/c1-2-15-29-16-12-21(13-17-29)24-19-31-25-11-10-22(18-23(24)25)28-26(30)27-14-6-9-20-7-4-3-5-8-20/h3-5,7-8,10-11,18-19,21H,2,6,9,12-17H2,1H3,(H2,27,28,30). The molecule has 4 rings (SSSR count). The zero-order valence-electron chi connectivity index (χ0n) is 18.4. The number of nitrogens with one attached hydrogen (secondary N) is 2. The second-order valence-corrected chi connectivity index (χ2v) is 8.49. The lowest BCUT2D eigenvalue weighted by Crippen LogP contribution is -2.33. The van der Waals surface area contributed by atoms with Crippen LogP contribution in [-0.4, -0.2) is 37.1 Å². The van der Waals surface area contributed by atoms with Crippen LogP contribution in [0.25, 0.3) is 11.0 Å². The summed E-state index contributed by atoms with van der Waals surface area (Å²) in [5.74, 6) is 0.524. The Kier molecular flexibility index (Phi) is 7.26. The fraction of sp³-hybridized carbons (Fsp3) is 0.423. The second-order valence-electron chi connectivity index (χ2n) is 8.49. The van der Waals surface area contributed by atoms with Crippen LogP contribution in [0.5, 0.6) is 0 Å². The van der Waals surface area contributed by atoms with Crippen molar-refractivity contribution >= 4 is 22.7 Å². The largest absolute Gasteiger partial charge is 0.464 e. The summed E-state index contributed by atoms with van der Waals surface area (Å²) in [6.45, 7) is 6.37. The van der Waals surface area contributed by atoms with Crippen LogP contribution in [0.4, 0.5) is 10.5 Å². The van der Waals surface area contributed by atoms with Gasteiger partial charge in [0.05, 0.1) is 6.26 Å². The molecule has 164 valence electrons. The molecule has 2 heterocycles. The number of benzene rings is 2. The third-order valence-corrected chi connectivity index (χ3v) is 6.20. The predicted molar refractivity (Wildman–Crippen MR) is 127 cm³/mol. The zero-order valence-corrected chi connectivity index (χ0v) is 18.4. The van der Waals surface area contributed by atoms with E-state index in [0.717, 1.165) is 55.4 Å². The van der Waals surface area contributed by atoms with Gasteiger partial charge in [-0.15, -0.1) is 0 Å². The van der Waals surface area contributed by atoms with Crippen molar-refractivity contribution in [3.63, 3.8) is 0 Å². The molecule has 3 aromatic rings. The summed E-state index contributed by atoms with van der Waals surface area (Å²) in [6.07, 6.45) is 7.32. The van der Waals surface area contributed by atoms with Crippen LogP contribution in [0.15, 0.2) is 59.2 Å². The second kappa shape index (κ2) is 10.5. The van der Waals surface area contributed by atoms with E-state index in [2.05, 4.69) is 40.7 Å². The van der Waals surface area contributed by atoms with Gasteiger partial charge in [-0.05, 0) is 81.4 Å². The summed E-state index contributed by atoms with van der Waals surface area (Å²) in [6, 6.07) is 16.1. The molecule has 1 aromatic heterocycles. The Morgan fingerprint density at radius 2 is 1.94 bits per heavy atom. The highest BCUT2D eigenvalue weighted by Gasteiger charge is 2.23. The number of furan rings is 1. The van der Waals surface area contributed by atoms with E-state index in [1.54, 1.807) is 0 Å². The first kappa shape index (κ1) is 21.4. The molecule has 0 aliphatic carbocycles. The lowest BCUT2D eigenvalue weighted by atomic mass is 9.89. The molecule has 5 nitrogen and oxygen atoms in total. The SMILES string of the molecule is CCCN1CCC(c2coc3ccc(NC(=O)NCCCc4ccccc4)cc23)CC1. The maximum absolute atomic E-state index is 12.3. The molecule has 31 heavy (non-hydrogen) atoms. The number of hydrogen-bond acceptors (Lipinski definition) is 3. The van der Waals surface area contributed by atoms with E-state index in [-0.39, 0.29) is 6.03 Å². The molecular weight excluding hydrogens is 386 g/mol. The molecule has 1 fully saturated rings. The Morgan fingerprint density at radius 3 is 2.71 bits per heavy atom. The highest BCUT2D eigenvalue weighted by atomic mass is 16.3. The van der Waals surface area contributed by atoms with Crippen LogP contribution in [0.2, 0.25) is 0 Å². The number of rotatable bonds is 8. The minimum absolute atomic E-state index is 0.162. The Hall–Kier alpha value is -2.79. The van der Waals surface area contributed by atoms with Gasteiger partial charge in [0, 0.05) is 23.2 Å². The molecule has 0 unspecified atom stereocenters.